The van der Waals surface area contributed by atoms with Gasteiger partial charge >= 0.3 is 5.97 Å². The fourth-order valence-electron chi connectivity index (χ4n) is 3.71. The molecule has 0 aromatic heterocycles. The van der Waals surface area contributed by atoms with Crippen LogP contribution in [0.1, 0.15) is 77.6 Å². The number of benzene rings is 1. The van der Waals surface area contributed by atoms with E-state index >= 15 is 0 Å². The van der Waals surface area contributed by atoms with E-state index in [-0.39, 0.29) is 16.7 Å². The summed E-state index contributed by atoms with van der Waals surface area (Å²) in [6.45, 7) is 2.25. The molecule has 2 rings (SSSR count). The molecule has 4 heteroatoms. The van der Waals surface area contributed by atoms with E-state index in [0.29, 0.717) is 12.3 Å². The second-order valence-electron chi connectivity index (χ2n) is 7.32. The molecule has 0 unspecified atom stereocenters. The molecule has 1 aromatic rings. The lowest BCUT2D eigenvalue weighted by Gasteiger charge is -2.28. The van der Waals surface area contributed by atoms with Gasteiger partial charge in [-0.3, -0.25) is 4.79 Å². The summed E-state index contributed by atoms with van der Waals surface area (Å²) in [4.78, 5) is 11.9. The Kier molecular flexibility index (Phi) is 8.74. The first-order valence-corrected chi connectivity index (χ1v) is 10.1. The van der Waals surface area contributed by atoms with Gasteiger partial charge in [-0.15, -0.1) is 0 Å². The number of halogens is 2. The maximum absolute atomic E-state index is 13.4. The first-order valence-electron chi connectivity index (χ1n) is 9.74. The van der Waals surface area contributed by atoms with Gasteiger partial charge in [0.15, 0.2) is 0 Å². The van der Waals surface area contributed by atoms with Gasteiger partial charge in [0, 0.05) is 12.5 Å². The minimum absolute atomic E-state index is 0.0336. The van der Waals surface area contributed by atoms with Crippen LogP contribution in [-0.2, 0) is 4.79 Å². The quantitative estimate of drug-likeness (QED) is 0.268. The lowest BCUT2D eigenvalue weighted by Crippen LogP contribution is -2.17. The van der Waals surface area contributed by atoms with Crippen molar-refractivity contribution in [3.05, 3.63) is 29.0 Å². The number of hydrogen-bond donors (Lipinski definition) is 0. The van der Waals surface area contributed by atoms with Crippen molar-refractivity contribution in [2.75, 3.05) is 0 Å². The van der Waals surface area contributed by atoms with E-state index in [1.54, 1.807) is 0 Å². The molecule has 25 heavy (non-hydrogen) atoms. The lowest BCUT2D eigenvalue weighted by molar-refractivity contribution is -0.134. The predicted octanol–water partition coefficient (Wildman–Crippen LogP) is 6.94. The Labute approximate surface area is 156 Å². The Morgan fingerprint density at radius 1 is 1.12 bits per heavy atom. The average Bonchev–Trinajstić information content (AvgIpc) is 2.61. The van der Waals surface area contributed by atoms with Gasteiger partial charge in [-0.25, -0.2) is 4.39 Å². The number of carbonyl (C=O) groups is 1. The van der Waals surface area contributed by atoms with E-state index in [1.165, 1.54) is 69.9 Å². The van der Waals surface area contributed by atoms with Crippen molar-refractivity contribution in [2.45, 2.75) is 77.6 Å². The van der Waals surface area contributed by atoms with Crippen LogP contribution in [0.15, 0.2) is 18.2 Å². The molecule has 0 saturated heterocycles. The SMILES string of the molecule is CCCCCCC1CCC(CCC(=O)Oc2ccc(Cl)c(F)c2)CC1. The molecule has 0 bridgehead atoms. The molecule has 1 aliphatic carbocycles. The number of rotatable bonds is 9. The Hall–Kier alpha value is -1.09. The van der Waals surface area contributed by atoms with Crippen LogP contribution in [0.5, 0.6) is 5.75 Å². The number of esters is 1. The van der Waals surface area contributed by atoms with Crippen molar-refractivity contribution in [3.63, 3.8) is 0 Å². The fraction of sp³-hybridized carbons (Fsp3) is 0.667. The molecule has 0 aliphatic heterocycles. The molecule has 0 radical (unpaired) electrons. The molecule has 0 atom stereocenters. The highest BCUT2D eigenvalue weighted by Crippen LogP contribution is 2.34. The highest BCUT2D eigenvalue weighted by molar-refractivity contribution is 6.30. The average molecular weight is 369 g/mol. The summed E-state index contributed by atoms with van der Waals surface area (Å²) < 4.78 is 18.6. The second kappa shape index (κ2) is 10.8. The van der Waals surface area contributed by atoms with Crippen LogP contribution in [0, 0.1) is 17.7 Å². The van der Waals surface area contributed by atoms with Crippen LogP contribution in [0.3, 0.4) is 0 Å². The van der Waals surface area contributed by atoms with E-state index in [4.69, 9.17) is 16.3 Å². The van der Waals surface area contributed by atoms with Crippen molar-refractivity contribution in [2.24, 2.45) is 11.8 Å². The number of ether oxygens (including phenoxy) is 1. The first kappa shape index (κ1) is 20.2. The van der Waals surface area contributed by atoms with Crippen molar-refractivity contribution in [3.8, 4) is 5.75 Å². The molecule has 0 spiro atoms. The molecule has 0 N–H and O–H groups in total. The Morgan fingerprint density at radius 2 is 1.80 bits per heavy atom. The van der Waals surface area contributed by atoms with E-state index in [1.807, 2.05) is 0 Å². The highest BCUT2D eigenvalue weighted by atomic mass is 35.5. The minimum Gasteiger partial charge on any atom is -0.426 e. The Balaban J connectivity index is 1.62. The molecule has 140 valence electrons. The standard InChI is InChI=1S/C21H30ClFO2/c1-2-3-4-5-6-16-7-9-17(10-8-16)11-14-21(24)25-18-12-13-19(22)20(23)15-18/h12-13,15-17H,2-11,14H2,1H3. The largest absolute Gasteiger partial charge is 0.426 e. The van der Waals surface area contributed by atoms with Gasteiger partial charge < -0.3 is 4.74 Å². The maximum Gasteiger partial charge on any atom is 0.311 e. The zero-order valence-electron chi connectivity index (χ0n) is 15.2. The third kappa shape index (κ3) is 7.35. The summed E-state index contributed by atoms with van der Waals surface area (Å²) in [5, 5.41) is 0.0336. The topological polar surface area (TPSA) is 26.3 Å². The van der Waals surface area contributed by atoms with Crippen LogP contribution < -0.4 is 4.74 Å². The van der Waals surface area contributed by atoms with Gasteiger partial charge in [0.1, 0.15) is 11.6 Å². The number of carbonyl (C=O) groups excluding carboxylic acids is 1. The molecule has 1 fully saturated rings. The molecule has 1 aliphatic rings. The predicted molar refractivity (Wildman–Crippen MR) is 100 cm³/mol. The summed E-state index contributed by atoms with van der Waals surface area (Å²) in [5.41, 5.74) is 0. The van der Waals surface area contributed by atoms with Gasteiger partial charge in [0.05, 0.1) is 5.02 Å². The highest BCUT2D eigenvalue weighted by Gasteiger charge is 2.21. The van der Waals surface area contributed by atoms with E-state index in [9.17, 15) is 9.18 Å². The minimum atomic E-state index is -0.566. The molecule has 2 nitrogen and oxygen atoms in total. The monoisotopic (exact) mass is 368 g/mol. The molecular formula is C21H30ClFO2. The summed E-state index contributed by atoms with van der Waals surface area (Å²) in [7, 11) is 0. The third-order valence-corrected chi connectivity index (χ3v) is 5.62. The van der Waals surface area contributed by atoms with Gasteiger partial charge in [-0.05, 0) is 30.4 Å². The lowest BCUT2D eigenvalue weighted by atomic mass is 9.78. The van der Waals surface area contributed by atoms with Crippen LogP contribution >= 0.6 is 11.6 Å². The second-order valence-corrected chi connectivity index (χ2v) is 7.73. The normalized spacial score (nSPS) is 20.4. The van der Waals surface area contributed by atoms with Gasteiger partial charge in [0.2, 0.25) is 0 Å². The molecule has 1 saturated carbocycles. The van der Waals surface area contributed by atoms with Crippen molar-refractivity contribution in [1.29, 1.82) is 0 Å². The zero-order chi connectivity index (χ0) is 18.1. The summed E-state index contributed by atoms with van der Waals surface area (Å²) in [6.07, 6.45) is 13.1. The smallest absolute Gasteiger partial charge is 0.311 e. The zero-order valence-corrected chi connectivity index (χ0v) is 16.0. The van der Waals surface area contributed by atoms with Crippen LogP contribution in [0.2, 0.25) is 5.02 Å². The van der Waals surface area contributed by atoms with Crippen LogP contribution in [0.4, 0.5) is 4.39 Å². The summed E-state index contributed by atoms with van der Waals surface area (Å²) in [5.74, 6) is 0.883. The molecule has 0 heterocycles. The molecule has 0 amide bonds. The summed E-state index contributed by atoms with van der Waals surface area (Å²) >= 11 is 5.62. The first-order chi connectivity index (χ1) is 12.1. The third-order valence-electron chi connectivity index (χ3n) is 5.31. The van der Waals surface area contributed by atoms with Gasteiger partial charge in [-0.2, -0.15) is 0 Å². The maximum atomic E-state index is 13.4. The van der Waals surface area contributed by atoms with Gasteiger partial charge in [0.25, 0.3) is 0 Å². The van der Waals surface area contributed by atoms with Crippen molar-refractivity contribution < 1.29 is 13.9 Å². The van der Waals surface area contributed by atoms with E-state index in [2.05, 4.69) is 6.92 Å². The van der Waals surface area contributed by atoms with Crippen molar-refractivity contribution in [1.82, 2.24) is 0 Å². The molecular weight excluding hydrogens is 339 g/mol. The van der Waals surface area contributed by atoms with Crippen molar-refractivity contribution >= 4 is 17.6 Å². The van der Waals surface area contributed by atoms with E-state index in [0.717, 1.165) is 18.4 Å². The Bertz CT molecular complexity index is 539. The van der Waals surface area contributed by atoms with Crippen LogP contribution in [0.25, 0.3) is 0 Å². The number of hydrogen-bond acceptors (Lipinski definition) is 2. The number of unbranched alkanes of at least 4 members (excludes halogenated alkanes) is 3. The fourth-order valence-corrected chi connectivity index (χ4v) is 3.83. The Morgan fingerprint density at radius 3 is 2.44 bits per heavy atom. The summed E-state index contributed by atoms with van der Waals surface area (Å²) in [6, 6.07) is 4.08. The van der Waals surface area contributed by atoms with Gasteiger partial charge in [-0.1, -0.05) is 76.3 Å². The van der Waals surface area contributed by atoms with Crippen LogP contribution in [-0.4, -0.2) is 5.97 Å². The molecule has 1 aromatic carbocycles. The van der Waals surface area contributed by atoms with E-state index < -0.39 is 5.82 Å².